The lowest BCUT2D eigenvalue weighted by Crippen LogP contribution is -1.93. The van der Waals surface area contributed by atoms with Gasteiger partial charge in [0.15, 0.2) is 5.82 Å². The van der Waals surface area contributed by atoms with E-state index in [-0.39, 0.29) is 0 Å². The molecule has 1 aromatic carbocycles. The molecule has 86 valence electrons. The molecule has 0 radical (unpaired) electrons. The SMILES string of the molecule is Cn1c(-c2sccc2N)nc2cc(Cl)ccc21. The Morgan fingerprint density at radius 3 is 2.88 bits per heavy atom. The second-order valence-corrected chi connectivity index (χ2v) is 5.19. The molecule has 0 aliphatic carbocycles. The maximum atomic E-state index is 5.97. The molecule has 0 atom stereocenters. The smallest absolute Gasteiger partial charge is 0.153 e. The fraction of sp³-hybridized carbons (Fsp3) is 0.0833. The zero-order valence-electron chi connectivity index (χ0n) is 9.14. The van der Waals surface area contributed by atoms with Gasteiger partial charge in [-0.1, -0.05) is 11.6 Å². The summed E-state index contributed by atoms with van der Waals surface area (Å²) in [6.45, 7) is 0. The molecular weight excluding hydrogens is 254 g/mol. The van der Waals surface area contributed by atoms with Crippen LogP contribution in [0, 0.1) is 0 Å². The molecule has 0 bridgehead atoms. The van der Waals surface area contributed by atoms with Crippen LogP contribution in [0.1, 0.15) is 0 Å². The Bertz CT molecular complexity index is 699. The van der Waals surface area contributed by atoms with E-state index >= 15 is 0 Å². The molecule has 0 saturated heterocycles. The van der Waals surface area contributed by atoms with Gasteiger partial charge in [0, 0.05) is 12.1 Å². The second kappa shape index (κ2) is 3.75. The Kier molecular flexibility index (Phi) is 2.34. The number of imidazole rings is 1. The zero-order chi connectivity index (χ0) is 12.0. The summed E-state index contributed by atoms with van der Waals surface area (Å²) >= 11 is 7.56. The summed E-state index contributed by atoms with van der Waals surface area (Å²) in [5.74, 6) is 0.884. The van der Waals surface area contributed by atoms with Crippen molar-refractivity contribution < 1.29 is 0 Å². The minimum atomic E-state index is 0.696. The molecule has 0 spiro atoms. The van der Waals surface area contributed by atoms with Gasteiger partial charge in [-0.25, -0.2) is 4.98 Å². The van der Waals surface area contributed by atoms with Gasteiger partial charge in [0.1, 0.15) is 0 Å². The number of rotatable bonds is 1. The number of benzene rings is 1. The summed E-state index contributed by atoms with van der Waals surface area (Å²) in [5, 5.41) is 2.66. The molecule has 0 saturated carbocycles. The number of nitrogen functional groups attached to an aromatic ring is 1. The van der Waals surface area contributed by atoms with Gasteiger partial charge in [-0.2, -0.15) is 0 Å². The molecule has 3 rings (SSSR count). The van der Waals surface area contributed by atoms with Gasteiger partial charge in [-0.05, 0) is 29.6 Å². The van der Waals surface area contributed by atoms with Crippen LogP contribution in [0.5, 0.6) is 0 Å². The van der Waals surface area contributed by atoms with Crippen molar-refractivity contribution in [3.63, 3.8) is 0 Å². The molecule has 0 amide bonds. The summed E-state index contributed by atoms with van der Waals surface area (Å²) in [6.07, 6.45) is 0. The summed E-state index contributed by atoms with van der Waals surface area (Å²) in [7, 11) is 1.98. The van der Waals surface area contributed by atoms with Crippen molar-refractivity contribution in [2.45, 2.75) is 0 Å². The number of aromatic nitrogens is 2. The van der Waals surface area contributed by atoms with Crippen LogP contribution in [0.3, 0.4) is 0 Å². The third-order valence-corrected chi connectivity index (χ3v) is 3.90. The number of nitrogens with zero attached hydrogens (tertiary/aromatic N) is 2. The highest BCUT2D eigenvalue weighted by atomic mass is 35.5. The second-order valence-electron chi connectivity index (χ2n) is 3.83. The zero-order valence-corrected chi connectivity index (χ0v) is 10.7. The largest absolute Gasteiger partial charge is 0.397 e. The number of hydrogen-bond acceptors (Lipinski definition) is 3. The van der Waals surface area contributed by atoms with Gasteiger partial charge in [-0.15, -0.1) is 11.3 Å². The van der Waals surface area contributed by atoms with E-state index in [1.54, 1.807) is 11.3 Å². The van der Waals surface area contributed by atoms with E-state index in [0.29, 0.717) is 5.02 Å². The predicted octanol–water partition coefficient (Wildman–Crippen LogP) is 3.54. The first kappa shape index (κ1) is 10.6. The highest BCUT2D eigenvalue weighted by molar-refractivity contribution is 7.14. The Morgan fingerprint density at radius 2 is 2.18 bits per heavy atom. The summed E-state index contributed by atoms with van der Waals surface area (Å²) < 4.78 is 2.04. The average molecular weight is 264 g/mol. The molecule has 2 heterocycles. The molecular formula is C12H10ClN3S. The molecule has 0 aliphatic heterocycles. The summed E-state index contributed by atoms with van der Waals surface area (Å²) in [6, 6.07) is 7.60. The van der Waals surface area contributed by atoms with Crippen LogP contribution in [0.2, 0.25) is 5.02 Å². The minimum Gasteiger partial charge on any atom is -0.397 e. The van der Waals surface area contributed by atoms with Crippen molar-refractivity contribution in [3.05, 3.63) is 34.7 Å². The van der Waals surface area contributed by atoms with Crippen LogP contribution in [0.15, 0.2) is 29.6 Å². The van der Waals surface area contributed by atoms with E-state index in [2.05, 4.69) is 4.98 Å². The van der Waals surface area contributed by atoms with Crippen molar-refractivity contribution >= 4 is 39.7 Å². The number of hydrogen-bond donors (Lipinski definition) is 1. The van der Waals surface area contributed by atoms with Crippen molar-refractivity contribution in [1.29, 1.82) is 0 Å². The number of fused-ring (bicyclic) bond motifs is 1. The first-order valence-electron chi connectivity index (χ1n) is 5.12. The Labute approximate surface area is 107 Å². The van der Waals surface area contributed by atoms with Crippen LogP contribution in [-0.2, 0) is 7.05 Å². The summed E-state index contributed by atoms with van der Waals surface area (Å²) in [5.41, 5.74) is 8.63. The fourth-order valence-corrected chi connectivity index (χ4v) is 2.89. The lowest BCUT2D eigenvalue weighted by molar-refractivity contribution is 0.963. The molecule has 5 heteroatoms. The van der Waals surface area contributed by atoms with Crippen LogP contribution < -0.4 is 5.73 Å². The quantitative estimate of drug-likeness (QED) is 0.730. The number of nitrogens with two attached hydrogens (primary N) is 1. The maximum absolute atomic E-state index is 5.97. The van der Waals surface area contributed by atoms with Gasteiger partial charge in [0.25, 0.3) is 0 Å². The third-order valence-electron chi connectivity index (χ3n) is 2.74. The molecule has 0 aliphatic rings. The highest BCUT2D eigenvalue weighted by Gasteiger charge is 2.13. The molecule has 2 aromatic heterocycles. The lowest BCUT2D eigenvalue weighted by atomic mass is 10.3. The van der Waals surface area contributed by atoms with E-state index in [9.17, 15) is 0 Å². The first-order valence-corrected chi connectivity index (χ1v) is 6.38. The number of halogens is 1. The predicted molar refractivity (Wildman–Crippen MR) is 73.4 cm³/mol. The topological polar surface area (TPSA) is 43.8 Å². The summed E-state index contributed by atoms with van der Waals surface area (Å²) in [4.78, 5) is 5.59. The minimum absolute atomic E-state index is 0.696. The highest BCUT2D eigenvalue weighted by Crippen LogP contribution is 2.33. The van der Waals surface area contributed by atoms with E-state index in [0.717, 1.165) is 27.4 Å². The van der Waals surface area contributed by atoms with E-state index in [1.807, 2.05) is 41.3 Å². The van der Waals surface area contributed by atoms with Crippen LogP contribution in [0.25, 0.3) is 21.7 Å². The van der Waals surface area contributed by atoms with Crippen LogP contribution >= 0.6 is 22.9 Å². The van der Waals surface area contributed by atoms with Gasteiger partial charge < -0.3 is 10.3 Å². The van der Waals surface area contributed by atoms with Crippen molar-refractivity contribution in [3.8, 4) is 10.7 Å². The van der Waals surface area contributed by atoms with E-state index < -0.39 is 0 Å². The first-order chi connectivity index (χ1) is 8.16. The van der Waals surface area contributed by atoms with Crippen molar-refractivity contribution in [2.24, 2.45) is 7.05 Å². The van der Waals surface area contributed by atoms with E-state index in [4.69, 9.17) is 17.3 Å². The normalized spacial score (nSPS) is 11.2. The van der Waals surface area contributed by atoms with Crippen molar-refractivity contribution in [1.82, 2.24) is 9.55 Å². The number of thiophene rings is 1. The van der Waals surface area contributed by atoms with Gasteiger partial charge in [-0.3, -0.25) is 0 Å². The maximum Gasteiger partial charge on any atom is 0.153 e. The monoisotopic (exact) mass is 263 g/mol. The van der Waals surface area contributed by atoms with Gasteiger partial charge in [0.05, 0.1) is 21.6 Å². The molecule has 3 nitrogen and oxygen atoms in total. The van der Waals surface area contributed by atoms with Gasteiger partial charge >= 0.3 is 0 Å². The number of aryl methyl sites for hydroxylation is 1. The Balaban J connectivity index is 2.31. The Hall–Kier alpha value is -1.52. The average Bonchev–Trinajstić information content (AvgIpc) is 2.83. The molecule has 3 aromatic rings. The van der Waals surface area contributed by atoms with Crippen molar-refractivity contribution in [2.75, 3.05) is 5.73 Å². The molecule has 17 heavy (non-hydrogen) atoms. The third kappa shape index (κ3) is 1.61. The molecule has 0 fully saturated rings. The van der Waals surface area contributed by atoms with Gasteiger partial charge in [0.2, 0.25) is 0 Å². The van der Waals surface area contributed by atoms with Crippen LogP contribution in [-0.4, -0.2) is 9.55 Å². The Morgan fingerprint density at radius 1 is 1.35 bits per heavy atom. The lowest BCUT2D eigenvalue weighted by Gasteiger charge is -2.00. The fourth-order valence-electron chi connectivity index (χ4n) is 1.88. The standard InChI is InChI=1S/C12H10ClN3S/c1-16-10-3-2-7(13)6-9(10)15-12(16)11-8(14)4-5-17-11/h2-6H,14H2,1H3. The van der Waals surface area contributed by atoms with Crippen LogP contribution in [0.4, 0.5) is 5.69 Å². The number of anilines is 1. The molecule has 2 N–H and O–H groups in total. The molecule has 0 unspecified atom stereocenters. The van der Waals surface area contributed by atoms with E-state index in [1.165, 1.54) is 0 Å².